The highest BCUT2D eigenvalue weighted by molar-refractivity contribution is 7.16. The zero-order chi connectivity index (χ0) is 11.0. The summed E-state index contributed by atoms with van der Waals surface area (Å²) in [5.74, 6) is 0. The predicted molar refractivity (Wildman–Crippen MR) is 64.3 cm³/mol. The quantitative estimate of drug-likeness (QED) is 0.632. The summed E-state index contributed by atoms with van der Waals surface area (Å²) in [5, 5.41) is 6.39. The van der Waals surface area contributed by atoms with Crippen molar-refractivity contribution in [3.8, 4) is 5.00 Å². The van der Waals surface area contributed by atoms with Crippen molar-refractivity contribution in [2.45, 2.75) is 0 Å². The summed E-state index contributed by atoms with van der Waals surface area (Å²) in [5.41, 5.74) is 1.06. The minimum absolute atomic E-state index is 0.717. The fraction of sp³-hybridized carbons (Fsp3) is 0. The highest BCUT2D eigenvalue weighted by Gasteiger charge is 2.06. The number of nitrogens with zero attached hydrogens (tertiary/aromatic N) is 2. The topological polar surface area (TPSA) is 34.9 Å². The van der Waals surface area contributed by atoms with Crippen molar-refractivity contribution in [2.75, 3.05) is 0 Å². The molecule has 0 unspecified atom stereocenters. The van der Waals surface area contributed by atoms with Gasteiger partial charge in [0, 0.05) is 5.39 Å². The highest BCUT2D eigenvalue weighted by Crippen LogP contribution is 2.23. The summed E-state index contributed by atoms with van der Waals surface area (Å²) >= 11 is 1.44. The van der Waals surface area contributed by atoms with Gasteiger partial charge in [0.25, 0.3) is 0 Å². The number of para-hydroxylation sites is 1. The van der Waals surface area contributed by atoms with Gasteiger partial charge in [-0.15, -0.1) is 11.3 Å². The van der Waals surface area contributed by atoms with Crippen LogP contribution in [0.1, 0.15) is 9.67 Å². The Morgan fingerprint density at radius 2 is 2.06 bits per heavy atom. The van der Waals surface area contributed by atoms with Crippen LogP contribution in [0.5, 0.6) is 0 Å². The molecule has 0 aliphatic heterocycles. The lowest BCUT2D eigenvalue weighted by Gasteiger charge is -1.97. The third-order valence-corrected chi connectivity index (χ3v) is 3.40. The van der Waals surface area contributed by atoms with E-state index >= 15 is 0 Å². The van der Waals surface area contributed by atoms with E-state index in [1.54, 1.807) is 0 Å². The molecule has 2 heterocycles. The molecule has 78 valence electrons. The summed E-state index contributed by atoms with van der Waals surface area (Å²) in [4.78, 5) is 11.4. The van der Waals surface area contributed by atoms with E-state index in [0.717, 1.165) is 27.1 Å². The van der Waals surface area contributed by atoms with Crippen LogP contribution in [0.3, 0.4) is 0 Å². The molecule has 1 aromatic carbocycles. The molecule has 0 spiro atoms. The van der Waals surface area contributed by atoms with Gasteiger partial charge in [-0.25, -0.2) is 4.68 Å². The van der Waals surface area contributed by atoms with Crippen molar-refractivity contribution in [1.29, 1.82) is 0 Å². The van der Waals surface area contributed by atoms with Gasteiger partial charge in [-0.2, -0.15) is 5.10 Å². The second kappa shape index (κ2) is 3.57. The number of thiophene rings is 1. The summed E-state index contributed by atoms with van der Waals surface area (Å²) in [7, 11) is 0. The average molecular weight is 228 g/mol. The first kappa shape index (κ1) is 9.30. The van der Waals surface area contributed by atoms with E-state index in [0.29, 0.717) is 0 Å². The molecule has 3 aromatic rings. The normalized spacial score (nSPS) is 10.8. The zero-order valence-corrected chi connectivity index (χ0v) is 9.15. The Hall–Kier alpha value is -1.94. The SMILES string of the molecule is O=Cc1ccc(-n2ncc3ccccc32)s1. The molecular weight excluding hydrogens is 220 g/mol. The van der Waals surface area contributed by atoms with Gasteiger partial charge >= 0.3 is 0 Å². The van der Waals surface area contributed by atoms with E-state index in [4.69, 9.17) is 0 Å². The zero-order valence-electron chi connectivity index (χ0n) is 8.33. The van der Waals surface area contributed by atoms with E-state index in [9.17, 15) is 4.79 Å². The van der Waals surface area contributed by atoms with Crippen LogP contribution in [0.25, 0.3) is 15.9 Å². The van der Waals surface area contributed by atoms with Crippen molar-refractivity contribution in [3.63, 3.8) is 0 Å². The largest absolute Gasteiger partial charge is 0.297 e. The predicted octanol–water partition coefficient (Wildman–Crippen LogP) is 2.90. The number of fused-ring (bicyclic) bond motifs is 1. The van der Waals surface area contributed by atoms with E-state index in [1.165, 1.54) is 11.3 Å². The van der Waals surface area contributed by atoms with E-state index in [1.807, 2.05) is 47.3 Å². The van der Waals surface area contributed by atoms with Crippen LogP contribution >= 0.6 is 11.3 Å². The third-order valence-electron chi connectivity index (χ3n) is 2.41. The molecule has 0 aliphatic carbocycles. The first-order valence-electron chi connectivity index (χ1n) is 4.86. The number of benzene rings is 1. The second-order valence-electron chi connectivity index (χ2n) is 3.41. The average Bonchev–Trinajstić information content (AvgIpc) is 2.94. The van der Waals surface area contributed by atoms with Crippen molar-refractivity contribution in [2.24, 2.45) is 0 Å². The Labute approximate surface area is 95.9 Å². The molecule has 0 atom stereocenters. The first-order chi connectivity index (χ1) is 7.88. The van der Waals surface area contributed by atoms with Gasteiger partial charge in [0.15, 0.2) is 6.29 Å². The molecule has 0 saturated carbocycles. The van der Waals surface area contributed by atoms with Gasteiger partial charge in [0.05, 0.1) is 16.6 Å². The number of hydrogen-bond donors (Lipinski definition) is 0. The Bertz CT molecular complexity index is 654. The summed E-state index contributed by atoms with van der Waals surface area (Å²) in [6.07, 6.45) is 2.69. The van der Waals surface area contributed by atoms with E-state index in [2.05, 4.69) is 5.10 Å². The lowest BCUT2D eigenvalue weighted by molar-refractivity contribution is 0.112. The molecule has 0 bridgehead atoms. The molecule has 0 fully saturated rings. The van der Waals surface area contributed by atoms with Crippen LogP contribution in [-0.4, -0.2) is 16.1 Å². The van der Waals surface area contributed by atoms with Crippen molar-refractivity contribution >= 4 is 28.5 Å². The maximum atomic E-state index is 10.6. The molecule has 0 aliphatic rings. The molecule has 4 heteroatoms. The number of carbonyl (C=O) groups excluding carboxylic acids is 1. The van der Waals surface area contributed by atoms with Crippen molar-refractivity contribution < 1.29 is 4.79 Å². The molecule has 2 aromatic heterocycles. The van der Waals surface area contributed by atoms with Gasteiger partial charge < -0.3 is 0 Å². The van der Waals surface area contributed by atoms with E-state index < -0.39 is 0 Å². The van der Waals surface area contributed by atoms with Crippen LogP contribution in [0.2, 0.25) is 0 Å². The van der Waals surface area contributed by atoms with Crippen LogP contribution in [0.4, 0.5) is 0 Å². The number of rotatable bonds is 2. The Morgan fingerprint density at radius 1 is 1.19 bits per heavy atom. The lowest BCUT2D eigenvalue weighted by Crippen LogP contribution is -1.91. The molecule has 0 saturated heterocycles. The summed E-state index contributed by atoms with van der Waals surface area (Å²) < 4.78 is 1.85. The maximum absolute atomic E-state index is 10.6. The fourth-order valence-electron chi connectivity index (χ4n) is 1.67. The monoisotopic (exact) mass is 228 g/mol. The fourth-order valence-corrected chi connectivity index (χ4v) is 2.46. The molecular formula is C12H8N2OS. The second-order valence-corrected chi connectivity index (χ2v) is 4.50. The van der Waals surface area contributed by atoms with Crippen molar-refractivity contribution in [1.82, 2.24) is 9.78 Å². The van der Waals surface area contributed by atoms with Gasteiger partial charge in [-0.1, -0.05) is 18.2 Å². The minimum Gasteiger partial charge on any atom is -0.297 e. The van der Waals surface area contributed by atoms with Crippen LogP contribution in [0.15, 0.2) is 42.6 Å². The van der Waals surface area contributed by atoms with E-state index in [-0.39, 0.29) is 0 Å². The van der Waals surface area contributed by atoms with Gasteiger partial charge in [-0.05, 0) is 18.2 Å². The molecule has 0 radical (unpaired) electrons. The van der Waals surface area contributed by atoms with Gasteiger partial charge in [-0.3, -0.25) is 4.79 Å². The Morgan fingerprint density at radius 3 is 2.88 bits per heavy atom. The Kier molecular flexibility index (Phi) is 2.08. The number of carbonyl (C=O) groups is 1. The van der Waals surface area contributed by atoms with Crippen molar-refractivity contribution in [3.05, 3.63) is 47.5 Å². The summed E-state index contributed by atoms with van der Waals surface area (Å²) in [6, 6.07) is 11.7. The highest BCUT2D eigenvalue weighted by atomic mass is 32.1. The molecule has 16 heavy (non-hydrogen) atoms. The van der Waals surface area contributed by atoms with Gasteiger partial charge in [0.1, 0.15) is 5.00 Å². The summed E-state index contributed by atoms with van der Waals surface area (Å²) in [6.45, 7) is 0. The van der Waals surface area contributed by atoms with Crippen LogP contribution in [-0.2, 0) is 0 Å². The molecule has 3 rings (SSSR count). The number of aromatic nitrogens is 2. The maximum Gasteiger partial charge on any atom is 0.160 e. The van der Waals surface area contributed by atoms with Crippen LogP contribution < -0.4 is 0 Å². The first-order valence-corrected chi connectivity index (χ1v) is 5.68. The van der Waals surface area contributed by atoms with Gasteiger partial charge in [0.2, 0.25) is 0 Å². The minimum atomic E-state index is 0.717. The standard InChI is InChI=1S/C12H8N2OS/c15-8-10-5-6-12(16-10)14-11-4-2-1-3-9(11)7-13-14/h1-8H. The number of hydrogen-bond acceptors (Lipinski definition) is 3. The third kappa shape index (κ3) is 1.35. The van der Waals surface area contributed by atoms with Crippen LogP contribution in [0, 0.1) is 0 Å². The number of aldehydes is 1. The lowest BCUT2D eigenvalue weighted by atomic mass is 10.3. The smallest absolute Gasteiger partial charge is 0.160 e. The Balaban J connectivity index is 2.21. The molecule has 0 N–H and O–H groups in total. The molecule has 3 nitrogen and oxygen atoms in total. The molecule has 0 amide bonds.